The van der Waals surface area contributed by atoms with Crippen molar-refractivity contribution >= 4 is 10.9 Å². The molecule has 0 saturated carbocycles. The summed E-state index contributed by atoms with van der Waals surface area (Å²) in [5.74, 6) is 0. The molecule has 0 fully saturated rings. The van der Waals surface area contributed by atoms with E-state index in [1.54, 1.807) is 12.3 Å². The van der Waals surface area contributed by atoms with E-state index in [2.05, 4.69) is 10.2 Å². The number of aliphatic hydroxyl groups excluding tert-OH is 3. The fourth-order valence-corrected chi connectivity index (χ4v) is 1.74. The Labute approximate surface area is 92.4 Å². The topological polar surface area (TPSA) is 89.4 Å². The summed E-state index contributed by atoms with van der Waals surface area (Å²) in [5.41, 5.74) is 2.33. The number of aliphatic hydroxyl groups is 3. The smallest absolute Gasteiger partial charge is 0.107 e. The van der Waals surface area contributed by atoms with Gasteiger partial charge in [-0.05, 0) is 30.2 Å². The highest BCUT2D eigenvalue weighted by Crippen LogP contribution is 2.25. The number of H-pyrrole nitrogens is 1. The maximum atomic E-state index is 9.83. The first-order valence-corrected chi connectivity index (χ1v) is 5.04. The summed E-state index contributed by atoms with van der Waals surface area (Å²) in [6.07, 6.45) is -0.594. The van der Waals surface area contributed by atoms with E-state index in [1.807, 2.05) is 13.0 Å². The van der Waals surface area contributed by atoms with Crippen molar-refractivity contribution in [3.63, 3.8) is 0 Å². The van der Waals surface area contributed by atoms with Crippen LogP contribution in [-0.2, 0) is 0 Å². The minimum Gasteiger partial charge on any atom is -0.394 e. The van der Waals surface area contributed by atoms with Gasteiger partial charge in [0.2, 0.25) is 0 Å². The molecule has 0 aliphatic heterocycles. The molecule has 0 radical (unpaired) electrons. The second kappa shape index (κ2) is 4.21. The monoisotopic (exact) mass is 222 g/mol. The Morgan fingerprint density at radius 2 is 2.12 bits per heavy atom. The molecule has 16 heavy (non-hydrogen) atoms. The molecule has 5 nitrogen and oxygen atoms in total. The predicted molar refractivity (Wildman–Crippen MR) is 58.9 cm³/mol. The van der Waals surface area contributed by atoms with Gasteiger partial charge in [-0.1, -0.05) is 0 Å². The molecule has 4 N–H and O–H groups in total. The molecule has 0 saturated heterocycles. The van der Waals surface area contributed by atoms with Crippen LogP contribution in [0.15, 0.2) is 18.3 Å². The summed E-state index contributed by atoms with van der Waals surface area (Å²) >= 11 is 0. The fourth-order valence-electron chi connectivity index (χ4n) is 1.74. The van der Waals surface area contributed by atoms with Crippen LogP contribution in [0.3, 0.4) is 0 Å². The Hall–Kier alpha value is -1.43. The van der Waals surface area contributed by atoms with Gasteiger partial charge >= 0.3 is 0 Å². The average Bonchev–Trinajstić information content (AvgIpc) is 2.72. The van der Waals surface area contributed by atoms with Crippen LogP contribution in [0.4, 0.5) is 0 Å². The highest BCUT2D eigenvalue weighted by molar-refractivity contribution is 5.79. The van der Waals surface area contributed by atoms with Crippen molar-refractivity contribution in [2.45, 2.75) is 19.1 Å². The summed E-state index contributed by atoms with van der Waals surface area (Å²) in [4.78, 5) is 0. The van der Waals surface area contributed by atoms with E-state index < -0.39 is 18.8 Å². The van der Waals surface area contributed by atoms with Gasteiger partial charge in [0.05, 0.1) is 18.3 Å². The van der Waals surface area contributed by atoms with Crippen LogP contribution >= 0.6 is 0 Å². The maximum absolute atomic E-state index is 9.83. The van der Waals surface area contributed by atoms with Gasteiger partial charge in [0, 0.05) is 5.39 Å². The maximum Gasteiger partial charge on any atom is 0.107 e. The molecule has 1 heterocycles. The molecule has 86 valence electrons. The minimum atomic E-state index is -1.16. The van der Waals surface area contributed by atoms with Crippen molar-refractivity contribution in [3.8, 4) is 0 Å². The SMILES string of the molecule is Cc1cc2[nH]ncc2cc1C(O)C(O)CO. The normalized spacial score (nSPS) is 15.2. The number of nitrogens with one attached hydrogen (secondary N) is 1. The number of aryl methyl sites for hydroxylation is 1. The summed E-state index contributed by atoms with van der Waals surface area (Å²) in [6.45, 7) is 1.37. The Bertz CT molecular complexity index is 495. The molecule has 0 spiro atoms. The zero-order valence-electron chi connectivity index (χ0n) is 8.88. The molecule has 1 aromatic heterocycles. The quantitative estimate of drug-likeness (QED) is 0.599. The second-order valence-corrected chi connectivity index (χ2v) is 3.86. The molecule has 0 aliphatic carbocycles. The lowest BCUT2D eigenvalue weighted by atomic mass is 9.98. The number of fused-ring (bicyclic) bond motifs is 1. The van der Waals surface area contributed by atoms with Gasteiger partial charge in [-0.3, -0.25) is 5.10 Å². The van der Waals surface area contributed by atoms with E-state index in [1.165, 1.54) is 0 Å². The van der Waals surface area contributed by atoms with E-state index in [0.717, 1.165) is 16.5 Å². The first kappa shape index (κ1) is 11.1. The fraction of sp³-hybridized carbons (Fsp3) is 0.364. The lowest BCUT2D eigenvalue weighted by Crippen LogP contribution is -2.22. The molecule has 5 heteroatoms. The van der Waals surface area contributed by atoms with Gasteiger partial charge in [0.1, 0.15) is 12.2 Å². The summed E-state index contributed by atoms with van der Waals surface area (Å²) in [5, 5.41) is 35.6. The van der Waals surface area contributed by atoms with E-state index in [4.69, 9.17) is 5.11 Å². The number of nitrogens with zero attached hydrogens (tertiary/aromatic N) is 1. The minimum absolute atomic E-state index is 0.468. The molecular formula is C11H14N2O3. The van der Waals surface area contributed by atoms with E-state index >= 15 is 0 Å². The van der Waals surface area contributed by atoms with E-state index in [9.17, 15) is 10.2 Å². The van der Waals surface area contributed by atoms with Crippen LogP contribution in [0.25, 0.3) is 10.9 Å². The van der Waals surface area contributed by atoms with Crippen LogP contribution in [0.5, 0.6) is 0 Å². The Morgan fingerprint density at radius 3 is 2.81 bits per heavy atom. The number of aromatic nitrogens is 2. The molecule has 2 aromatic rings. The third-order valence-corrected chi connectivity index (χ3v) is 2.70. The van der Waals surface area contributed by atoms with Gasteiger partial charge in [0.25, 0.3) is 0 Å². The number of aromatic amines is 1. The summed E-state index contributed by atoms with van der Waals surface area (Å²) in [7, 11) is 0. The Balaban J connectivity index is 2.46. The third kappa shape index (κ3) is 1.80. The lowest BCUT2D eigenvalue weighted by molar-refractivity contribution is -0.0154. The van der Waals surface area contributed by atoms with Crippen molar-refractivity contribution < 1.29 is 15.3 Å². The molecule has 0 bridgehead atoms. The predicted octanol–water partition coefficient (Wildman–Crippen LogP) is 0.258. The van der Waals surface area contributed by atoms with Crippen LogP contribution in [0.2, 0.25) is 0 Å². The molecule has 0 aliphatic rings. The van der Waals surface area contributed by atoms with Crippen LogP contribution in [0, 0.1) is 6.92 Å². The first-order chi connectivity index (χ1) is 7.63. The van der Waals surface area contributed by atoms with Crippen molar-refractivity contribution in [1.29, 1.82) is 0 Å². The zero-order valence-corrected chi connectivity index (χ0v) is 8.88. The number of rotatable bonds is 3. The molecular weight excluding hydrogens is 208 g/mol. The van der Waals surface area contributed by atoms with E-state index in [0.29, 0.717) is 5.56 Å². The first-order valence-electron chi connectivity index (χ1n) is 5.04. The second-order valence-electron chi connectivity index (χ2n) is 3.86. The summed E-state index contributed by atoms with van der Waals surface area (Å²) in [6, 6.07) is 3.61. The third-order valence-electron chi connectivity index (χ3n) is 2.70. The number of hydrogen-bond acceptors (Lipinski definition) is 4. The van der Waals surface area contributed by atoms with Crippen LogP contribution in [0.1, 0.15) is 17.2 Å². The molecule has 2 rings (SSSR count). The molecule has 0 amide bonds. The van der Waals surface area contributed by atoms with Gasteiger partial charge in [-0.2, -0.15) is 5.10 Å². The molecule has 1 aromatic carbocycles. The van der Waals surface area contributed by atoms with Crippen LogP contribution in [-0.4, -0.2) is 38.2 Å². The standard InChI is InChI=1S/C11H14N2O3/c1-6-2-9-7(4-12-13-9)3-8(6)11(16)10(15)5-14/h2-4,10-11,14-16H,5H2,1H3,(H,12,13). The largest absolute Gasteiger partial charge is 0.394 e. The number of hydrogen-bond donors (Lipinski definition) is 4. The average molecular weight is 222 g/mol. The molecule has 2 atom stereocenters. The van der Waals surface area contributed by atoms with E-state index in [-0.39, 0.29) is 0 Å². The lowest BCUT2D eigenvalue weighted by Gasteiger charge is -2.18. The van der Waals surface area contributed by atoms with Gasteiger partial charge in [-0.25, -0.2) is 0 Å². The van der Waals surface area contributed by atoms with Gasteiger partial charge < -0.3 is 15.3 Å². The number of benzene rings is 1. The highest BCUT2D eigenvalue weighted by Gasteiger charge is 2.19. The van der Waals surface area contributed by atoms with Crippen molar-refractivity contribution in [2.24, 2.45) is 0 Å². The molecule has 2 unspecified atom stereocenters. The Kier molecular flexibility index (Phi) is 2.91. The highest BCUT2D eigenvalue weighted by atomic mass is 16.4. The zero-order chi connectivity index (χ0) is 11.7. The van der Waals surface area contributed by atoms with Gasteiger partial charge in [-0.15, -0.1) is 0 Å². The van der Waals surface area contributed by atoms with Gasteiger partial charge in [0.15, 0.2) is 0 Å². The summed E-state index contributed by atoms with van der Waals surface area (Å²) < 4.78 is 0. The van der Waals surface area contributed by atoms with Crippen molar-refractivity contribution in [3.05, 3.63) is 29.5 Å². The Morgan fingerprint density at radius 1 is 1.38 bits per heavy atom. The van der Waals surface area contributed by atoms with Crippen molar-refractivity contribution in [2.75, 3.05) is 6.61 Å². The van der Waals surface area contributed by atoms with Crippen molar-refractivity contribution in [1.82, 2.24) is 10.2 Å². The van der Waals surface area contributed by atoms with Crippen LogP contribution < -0.4 is 0 Å².